The van der Waals surface area contributed by atoms with E-state index in [1.54, 1.807) is 15.9 Å². The molecule has 4 rings (SSSR count). The van der Waals surface area contributed by atoms with E-state index in [0.717, 1.165) is 11.3 Å². The van der Waals surface area contributed by atoms with Crippen molar-refractivity contribution < 1.29 is 9.18 Å². The second-order valence-corrected chi connectivity index (χ2v) is 5.89. The Kier molecular flexibility index (Phi) is 3.90. The number of halogens is 1. The summed E-state index contributed by atoms with van der Waals surface area (Å²) < 4.78 is 13.6. The van der Waals surface area contributed by atoms with Gasteiger partial charge in [-0.2, -0.15) is 4.39 Å². The van der Waals surface area contributed by atoms with E-state index in [2.05, 4.69) is 4.98 Å². The number of hydrogen-bond acceptors (Lipinski definition) is 2. The smallest absolute Gasteiger partial charge is 0.314 e. The van der Waals surface area contributed by atoms with Crippen LogP contribution in [0.5, 0.6) is 0 Å². The Morgan fingerprint density at radius 1 is 0.920 bits per heavy atom. The summed E-state index contributed by atoms with van der Waals surface area (Å²) in [7, 11) is 0. The number of para-hydroxylation sites is 1. The Hall–Kier alpha value is -3.21. The fourth-order valence-electron chi connectivity index (χ4n) is 3.03. The first kappa shape index (κ1) is 15.3. The number of fused-ring (bicyclic) bond motifs is 1. The van der Waals surface area contributed by atoms with Crippen LogP contribution in [0.2, 0.25) is 0 Å². The van der Waals surface area contributed by atoms with Crippen LogP contribution in [-0.4, -0.2) is 15.9 Å². The molecule has 0 unspecified atom stereocenters. The molecule has 25 heavy (non-hydrogen) atoms. The predicted octanol–water partition coefficient (Wildman–Crippen LogP) is 4.49. The number of carbonyl (C=O) groups is 1. The largest absolute Gasteiger partial charge is 0.329 e. The van der Waals surface area contributed by atoms with Crippen LogP contribution in [0.4, 0.5) is 20.6 Å². The van der Waals surface area contributed by atoms with Crippen LogP contribution in [0.1, 0.15) is 11.3 Å². The summed E-state index contributed by atoms with van der Waals surface area (Å²) in [6.45, 7) is 0.727. The van der Waals surface area contributed by atoms with Crippen LogP contribution in [0, 0.1) is 5.95 Å². The van der Waals surface area contributed by atoms with Crippen molar-refractivity contribution in [1.29, 1.82) is 0 Å². The molecule has 0 radical (unpaired) electrons. The summed E-state index contributed by atoms with van der Waals surface area (Å²) in [5.74, 6) is -0.541. The molecule has 0 bridgehead atoms. The Labute approximate surface area is 145 Å². The number of aromatic nitrogens is 1. The van der Waals surface area contributed by atoms with Gasteiger partial charge >= 0.3 is 6.03 Å². The summed E-state index contributed by atoms with van der Waals surface area (Å²) >= 11 is 0. The molecular formula is C20H16FN3O. The van der Waals surface area contributed by atoms with Gasteiger partial charge in [0, 0.05) is 6.54 Å². The lowest BCUT2D eigenvalue weighted by molar-refractivity contribution is 0.197. The summed E-state index contributed by atoms with van der Waals surface area (Å²) in [5.41, 5.74) is 2.94. The number of carbonyl (C=O) groups excluding carboxylic acids is 1. The van der Waals surface area contributed by atoms with E-state index in [9.17, 15) is 9.18 Å². The zero-order valence-corrected chi connectivity index (χ0v) is 13.5. The number of anilines is 2. The lowest BCUT2D eigenvalue weighted by Gasteiger charge is -2.36. The maximum absolute atomic E-state index is 13.6. The summed E-state index contributed by atoms with van der Waals surface area (Å²) in [4.78, 5) is 20.4. The van der Waals surface area contributed by atoms with E-state index in [4.69, 9.17) is 0 Å². The quantitative estimate of drug-likeness (QED) is 0.662. The number of nitrogens with zero attached hydrogens (tertiary/aromatic N) is 3. The first-order valence-electron chi connectivity index (χ1n) is 8.06. The van der Waals surface area contributed by atoms with Crippen molar-refractivity contribution >= 4 is 17.4 Å². The van der Waals surface area contributed by atoms with Crippen molar-refractivity contribution in [2.45, 2.75) is 13.1 Å². The highest BCUT2D eigenvalue weighted by molar-refractivity contribution is 6.01. The highest BCUT2D eigenvalue weighted by atomic mass is 19.1. The van der Waals surface area contributed by atoms with Crippen LogP contribution >= 0.6 is 0 Å². The third-order valence-corrected chi connectivity index (χ3v) is 4.19. The van der Waals surface area contributed by atoms with Crippen molar-refractivity contribution in [2.24, 2.45) is 0 Å². The summed E-state index contributed by atoms with van der Waals surface area (Å²) in [6.07, 6.45) is 0. The van der Waals surface area contributed by atoms with Gasteiger partial charge in [0.15, 0.2) is 0 Å². The highest BCUT2D eigenvalue weighted by Gasteiger charge is 2.32. The van der Waals surface area contributed by atoms with Gasteiger partial charge in [0.1, 0.15) is 0 Å². The predicted molar refractivity (Wildman–Crippen MR) is 93.9 cm³/mol. The van der Waals surface area contributed by atoms with Gasteiger partial charge in [0.2, 0.25) is 5.95 Å². The molecule has 0 fully saturated rings. The monoisotopic (exact) mass is 333 g/mol. The first-order chi connectivity index (χ1) is 12.2. The second kappa shape index (κ2) is 6.36. The summed E-state index contributed by atoms with van der Waals surface area (Å²) in [6, 6.07) is 21.8. The van der Waals surface area contributed by atoms with Gasteiger partial charge in [-0.3, -0.25) is 4.90 Å². The molecule has 0 atom stereocenters. The number of urea groups is 1. The van der Waals surface area contributed by atoms with E-state index >= 15 is 0 Å². The fourth-order valence-corrected chi connectivity index (χ4v) is 3.03. The van der Waals surface area contributed by atoms with Crippen molar-refractivity contribution in [1.82, 2.24) is 9.88 Å². The molecule has 5 heteroatoms. The standard InChI is InChI=1S/C20H16FN3O/c21-19-12-11-18-17(22-19)14-23(13-15-7-3-1-4-8-15)20(25)24(18)16-9-5-2-6-10-16/h1-12H,13-14H2. The SMILES string of the molecule is O=C1N(Cc2ccccc2)Cc2nc(F)ccc2N1c1ccccc1. The highest BCUT2D eigenvalue weighted by Crippen LogP contribution is 2.34. The average Bonchev–Trinajstić information content (AvgIpc) is 2.64. The van der Waals surface area contributed by atoms with E-state index in [1.165, 1.54) is 6.07 Å². The van der Waals surface area contributed by atoms with Crippen LogP contribution in [0.3, 0.4) is 0 Å². The minimum absolute atomic E-state index is 0.143. The minimum atomic E-state index is -0.541. The van der Waals surface area contributed by atoms with Crippen molar-refractivity contribution in [3.05, 3.63) is 90.0 Å². The molecule has 3 aromatic rings. The molecule has 1 aliphatic rings. The van der Waals surface area contributed by atoms with Gasteiger partial charge in [-0.25, -0.2) is 9.78 Å². The molecule has 2 amide bonds. The lowest BCUT2D eigenvalue weighted by atomic mass is 10.1. The molecular weight excluding hydrogens is 317 g/mol. The Bertz CT molecular complexity index is 899. The first-order valence-corrected chi connectivity index (χ1v) is 8.06. The zero-order valence-electron chi connectivity index (χ0n) is 13.5. The van der Waals surface area contributed by atoms with Gasteiger partial charge in [-0.15, -0.1) is 0 Å². The van der Waals surface area contributed by atoms with Gasteiger partial charge in [0.05, 0.1) is 23.6 Å². The fraction of sp³-hybridized carbons (Fsp3) is 0.100. The van der Waals surface area contributed by atoms with Crippen molar-refractivity contribution in [3.8, 4) is 0 Å². The van der Waals surface area contributed by atoms with Crippen molar-refractivity contribution in [3.63, 3.8) is 0 Å². The van der Waals surface area contributed by atoms with Gasteiger partial charge in [-0.05, 0) is 29.8 Å². The second-order valence-electron chi connectivity index (χ2n) is 5.89. The van der Waals surface area contributed by atoms with Gasteiger partial charge in [-0.1, -0.05) is 48.5 Å². The molecule has 124 valence electrons. The van der Waals surface area contributed by atoms with Gasteiger partial charge in [0.25, 0.3) is 0 Å². The number of benzene rings is 2. The third kappa shape index (κ3) is 2.96. The average molecular weight is 333 g/mol. The van der Waals surface area contributed by atoms with Crippen LogP contribution < -0.4 is 4.90 Å². The summed E-state index contributed by atoms with van der Waals surface area (Å²) in [5, 5.41) is 0. The van der Waals surface area contributed by atoms with Crippen LogP contribution in [-0.2, 0) is 13.1 Å². The molecule has 4 nitrogen and oxygen atoms in total. The molecule has 0 N–H and O–H groups in total. The molecule has 2 heterocycles. The maximum atomic E-state index is 13.6. The minimum Gasteiger partial charge on any atom is -0.314 e. The Balaban J connectivity index is 1.76. The van der Waals surface area contributed by atoms with Crippen LogP contribution in [0.25, 0.3) is 0 Å². The Morgan fingerprint density at radius 3 is 2.32 bits per heavy atom. The molecule has 1 aromatic heterocycles. The molecule has 0 spiro atoms. The molecule has 2 aromatic carbocycles. The zero-order chi connectivity index (χ0) is 17.2. The normalized spacial score (nSPS) is 13.7. The maximum Gasteiger partial charge on any atom is 0.329 e. The molecule has 0 saturated heterocycles. The number of amides is 2. The van der Waals surface area contributed by atoms with Gasteiger partial charge < -0.3 is 4.90 Å². The van der Waals surface area contributed by atoms with E-state index < -0.39 is 5.95 Å². The van der Waals surface area contributed by atoms with Crippen LogP contribution in [0.15, 0.2) is 72.8 Å². The lowest BCUT2D eigenvalue weighted by Crippen LogP contribution is -2.44. The molecule has 1 aliphatic heterocycles. The molecule has 0 aliphatic carbocycles. The van der Waals surface area contributed by atoms with Crippen molar-refractivity contribution in [2.75, 3.05) is 4.90 Å². The number of hydrogen-bond donors (Lipinski definition) is 0. The van der Waals surface area contributed by atoms with E-state index in [0.29, 0.717) is 17.9 Å². The number of rotatable bonds is 3. The van der Waals surface area contributed by atoms with E-state index in [1.807, 2.05) is 60.7 Å². The third-order valence-electron chi connectivity index (χ3n) is 4.19. The topological polar surface area (TPSA) is 36.4 Å². The molecule has 0 saturated carbocycles. The van der Waals surface area contributed by atoms with E-state index in [-0.39, 0.29) is 12.6 Å². The number of pyridine rings is 1. The Morgan fingerprint density at radius 2 is 1.60 bits per heavy atom.